The molecule has 2 atom stereocenters. The van der Waals surface area contributed by atoms with Crippen LogP contribution in [0, 0.1) is 0 Å². The summed E-state index contributed by atoms with van der Waals surface area (Å²) in [5.41, 5.74) is -2.55. The standard InChI is InChI=1S/C21H23F3N2O4/c22-21(23,24)14-4-1-3-13(9-14)20(10-17(28)25-8-2-5-16(27)12-25)11-18(29)26(19(20)30)15-6-7-15/h1,3-4,9,15-16,27H,2,5-8,10-12H2/t16-,20-/m1/s1. The number of hydrogen-bond acceptors (Lipinski definition) is 4. The maximum atomic E-state index is 13.4. The van der Waals surface area contributed by atoms with Gasteiger partial charge in [0.1, 0.15) is 0 Å². The molecule has 2 saturated heterocycles. The molecule has 6 nitrogen and oxygen atoms in total. The molecule has 0 spiro atoms. The predicted molar refractivity (Wildman–Crippen MR) is 99.1 cm³/mol. The van der Waals surface area contributed by atoms with Crippen LogP contribution >= 0.6 is 0 Å². The Hall–Kier alpha value is -2.42. The molecule has 2 aliphatic heterocycles. The van der Waals surface area contributed by atoms with Gasteiger partial charge in [-0.2, -0.15) is 13.2 Å². The van der Waals surface area contributed by atoms with Gasteiger partial charge in [0.15, 0.2) is 0 Å². The van der Waals surface area contributed by atoms with Gasteiger partial charge in [0.05, 0.1) is 17.1 Å². The molecule has 3 aliphatic rings. The van der Waals surface area contributed by atoms with Crippen molar-refractivity contribution in [2.75, 3.05) is 13.1 Å². The molecule has 162 valence electrons. The molecule has 0 unspecified atom stereocenters. The van der Waals surface area contributed by atoms with Crippen LogP contribution in [-0.2, 0) is 26.0 Å². The van der Waals surface area contributed by atoms with Gasteiger partial charge >= 0.3 is 6.18 Å². The van der Waals surface area contributed by atoms with Crippen molar-refractivity contribution in [2.24, 2.45) is 0 Å². The molecule has 1 aliphatic carbocycles. The first kappa shape index (κ1) is 20.8. The van der Waals surface area contributed by atoms with Gasteiger partial charge < -0.3 is 10.0 Å². The van der Waals surface area contributed by atoms with Crippen LogP contribution < -0.4 is 0 Å². The summed E-state index contributed by atoms with van der Waals surface area (Å²) < 4.78 is 39.9. The zero-order chi connectivity index (χ0) is 21.7. The molecule has 1 aromatic rings. The Kier molecular flexibility index (Phi) is 5.12. The molecule has 9 heteroatoms. The Labute approximate surface area is 171 Å². The van der Waals surface area contributed by atoms with Crippen LogP contribution in [0.2, 0.25) is 0 Å². The number of piperidine rings is 1. The highest BCUT2D eigenvalue weighted by Crippen LogP contribution is 2.45. The van der Waals surface area contributed by atoms with E-state index in [1.54, 1.807) is 0 Å². The zero-order valence-corrected chi connectivity index (χ0v) is 16.3. The van der Waals surface area contributed by atoms with Gasteiger partial charge in [-0.25, -0.2) is 0 Å². The Balaban J connectivity index is 1.72. The minimum atomic E-state index is -4.61. The Morgan fingerprint density at radius 1 is 1.20 bits per heavy atom. The van der Waals surface area contributed by atoms with Crippen LogP contribution in [-0.4, -0.2) is 57.9 Å². The van der Waals surface area contributed by atoms with Crippen molar-refractivity contribution >= 4 is 17.7 Å². The Bertz CT molecular complexity index is 883. The largest absolute Gasteiger partial charge is 0.416 e. The lowest BCUT2D eigenvalue weighted by Gasteiger charge is -2.34. The summed E-state index contributed by atoms with van der Waals surface area (Å²) >= 11 is 0. The smallest absolute Gasteiger partial charge is 0.391 e. The minimum absolute atomic E-state index is 0.0322. The van der Waals surface area contributed by atoms with E-state index < -0.39 is 47.4 Å². The number of hydrogen-bond donors (Lipinski definition) is 1. The van der Waals surface area contributed by atoms with E-state index in [1.807, 2.05) is 0 Å². The number of alkyl halides is 3. The van der Waals surface area contributed by atoms with Crippen LogP contribution in [0.1, 0.15) is 49.7 Å². The number of likely N-dealkylation sites (tertiary alicyclic amines) is 2. The molecule has 0 bridgehead atoms. The predicted octanol–water partition coefficient (Wildman–Crippen LogP) is 2.24. The van der Waals surface area contributed by atoms with Crippen molar-refractivity contribution in [3.63, 3.8) is 0 Å². The van der Waals surface area contributed by atoms with Crippen molar-refractivity contribution in [3.05, 3.63) is 35.4 Å². The number of benzene rings is 1. The number of β-amino-alcohol motifs (C(OH)–C–C–N with tert-alkyl or cyclic N) is 1. The number of nitrogens with zero attached hydrogens (tertiary/aromatic N) is 2. The monoisotopic (exact) mass is 424 g/mol. The fraction of sp³-hybridized carbons (Fsp3) is 0.571. The van der Waals surface area contributed by atoms with Crippen LogP contribution in [0.5, 0.6) is 0 Å². The van der Waals surface area contributed by atoms with Gasteiger partial charge in [-0.05, 0) is 37.3 Å². The third-order valence-corrected chi connectivity index (χ3v) is 6.21. The SMILES string of the molecule is O=C(C[C@]1(c2cccc(C(F)(F)F)c2)CC(=O)N(C2CC2)C1=O)N1CCC[C@@H](O)C1. The second-order valence-corrected chi connectivity index (χ2v) is 8.45. The van der Waals surface area contributed by atoms with E-state index in [0.29, 0.717) is 32.2 Å². The number of amides is 3. The number of aliphatic hydroxyl groups is 1. The maximum Gasteiger partial charge on any atom is 0.416 e. The first-order valence-corrected chi connectivity index (χ1v) is 10.1. The van der Waals surface area contributed by atoms with Gasteiger partial charge in [0.2, 0.25) is 17.7 Å². The quantitative estimate of drug-likeness (QED) is 0.752. The van der Waals surface area contributed by atoms with Crippen LogP contribution in [0.4, 0.5) is 13.2 Å². The van der Waals surface area contributed by atoms with Crippen molar-refractivity contribution in [3.8, 4) is 0 Å². The Morgan fingerprint density at radius 3 is 2.57 bits per heavy atom. The Morgan fingerprint density at radius 2 is 1.93 bits per heavy atom. The van der Waals surface area contributed by atoms with Gasteiger partial charge in [0.25, 0.3) is 0 Å². The third kappa shape index (κ3) is 3.71. The topological polar surface area (TPSA) is 77.9 Å². The van der Waals surface area contributed by atoms with Crippen molar-refractivity contribution in [1.82, 2.24) is 9.80 Å². The first-order valence-electron chi connectivity index (χ1n) is 10.1. The minimum Gasteiger partial charge on any atom is -0.391 e. The second kappa shape index (κ2) is 7.37. The number of rotatable bonds is 4. The second-order valence-electron chi connectivity index (χ2n) is 8.45. The highest BCUT2D eigenvalue weighted by atomic mass is 19.4. The summed E-state index contributed by atoms with van der Waals surface area (Å²) in [5.74, 6) is -1.49. The molecule has 3 fully saturated rings. The number of carbonyl (C=O) groups is 3. The first-order chi connectivity index (χ1) is 14.1. The lowest BCUT2D eigenvalue weighted by molar-refractivity contribution is -0.144. The normalized spacial score (nSPS) is 27.7. The van der Waals surface area contributed by atoms with E-state index in [-0.39, 0.29) is 24.6 Å². The number of carbonyl (C=O) groups excluding carboxylic acids is 3. The van der Waals surface area contributed by atoms with E-state index in [2.05, 4.69) is 0 Å². The summed E-state index contributed by atoms with van der Waals surface area (Å²) in [6.45, 7) is 0.523. The zero-order valence-electron chi connectivity index (χ0n) is 16.3. The molecule has 1 saturated carbocycles. The molecule has 0 aromatic heterocycles. The summed E-state index contributed by atoms with van der Waals surface area (Å²) in [7, 11) is 0. The maximum absolute atomic E-state index is 13.4. The lowest BCUT2D eigenvalue weighted by atomic mass is 9.75. The molecule has 4 rings (SSSR count). The summed E-state index contributed by atoms with van der Waals surface area (Å²) in [6.07, 6.45) is -3.50. The molecule has 0 radical (unpaired) electrons. The molecule has 2 heterocycles. The van der Waals surface area contributed by atoms with Crippen LogP contribution in [0.25, 0.3) is 0 Å². The molecule has 3 amide bonds. The summed E-state index contributed by atoms with van der Waals surface area (Å²) in [4.78, 5) is 41.6. The molecule has 1 aromatic carbocycles. The van der Waals surface area contributed by atoms with E-state index in [0.717, 1.165) is 17.0 Å². The van der Waals surface area contributed by atoms with Gasteiger partial charge in [0, 0.05) is 32.0 Å². The molecule has 30 heavy (non-hydrogen) atoms. The van der Waals surface area contributed by atoms with Gasteiger partial charge in [-0.1, -0.05) is 18.2 Å². The highest BCUT2D eigenvalue weighted by Gasteiger charge is 2.57. The fourth-order valence-electron chi connectivity index (χ4n) is 4.48. The van der Waals surface area contributed by atoms with Crippen molar-refractivity contribution in [2.45, 2.75) is 62.3 Å². The lowest BCUT2D eigenvalue weighted by Crippen LogP contribution is -2.47. The van der Waals surface area contributed by atoms with E-state index in [4.69, 9.17) is 0 Å². The van der Waals surface area contributed by atoms with Crippen molar-refractivity contribution < 1.29 is 32.7 Å². The molecular weight excluding hydrogens is 401 g/mol. The fourth-order valence-corrected chi connectivity index (χ4v) is 4.48. The van der Waals surface area contributed by atoms with Gasteiger partial charge in [-0.15, -0.1) is 0 Å². The molecule has 1 N–H and O–H groups in total. The van der Waals surface area contributed by atoms with E-state index in [1.165, 1.54) is 17.0 Å². The van der Waals surface area contributed by atoms with E-state index in [9.17, 15) is 32.7 Å². The number of halogens is 3. The van der Waals surface area contributed by atoms with E-state index >= 15 is 0 Å². The number of imide groups is 1. The average Bonchev–Trinajstić information content (AvgIpc) is 3.48. The average molecular weight is 424 g/mol. The third-order valence-electron chi connectivity index (χ3n) is 6.21. The summed E-state index contributed by atoms with van der Waals surface area (Å²) in [5, 5.41) is 9.87. The summed E-state index contributed by atoms with van der Waals surface area (Å²) in [6, 6.07) is 4.13. The van der Waals surface area contributed by atoms with Crippen molar-refractivity contribution in [1.29, 1.82) is 0 Å². The highest BCUT2D eigenvalue weighted by molar-refractivity contribution is 6.11. The van der Waals surface area contributed by atoms with Gasteiger partial charge in [-0.3, -0.25) is 19.3 Å². The van der Waals surface area contributed by atoms with Crippen LogP contribution in [0.15, 0.2) is 24.3 Å². The van der Waals surface area contributed by atoms with Crippen LogP contribution in [0.3, 0.4) is 0 Å². The number of aliphatic hydroxyl groups excluding tert-OH is 1. The molecular formula is C21H23F3N2O4.